The van der Waals surface area contributed by atoms with E-state index in [-0.39, 0.29) is 36.3 Å². The van der Waals surface area contributed by atoms with Crippen molar-refractivity contribution < 1.29 is 9.18 Å². The Bertz CT molecular complexity index is 778. The second-order valence-corrected chi connectivity index (χ2v) is 7.54. The fraction of sp³-hybridized carbons (Fsp3) is 0.381. The van der Waals surface area contributed by atoms with Gasteiger partial charge in [0.1, 0.15) is 5.82 Å². The molecule has 2 aromatic rings. The quantitative estimate of drug-likeness (QED) is 0.866. The standard InChI is InChI=1S/C21H22ClFN2O/c22-17-8-4-9-18(23)16(17)13-24-21(26)15-12-20(14-6-2-1-3-7-14)25-11-5-10-19(15)25/h1-4,6-9,15,19-20H,5,10-13H2,(H,24,26)/t15-,19+,20-/m0/s1. The Morgan fingerprint density at radius 2 is 2.00 bits per heavy atom. The SMILES string of the molecule is O=C(NCc1c(F)cccc1Cl)[C@H]1C[C@@H](c2ccccc2)N2CCC[C@H]12. The molecule has 2 aliphatic heterocycles. The molecule has 0 bridgehead atoms. The van der Waals surface area contributed by atoms with Gasteiger partial charge in [-0.25, -0.2) is 4.39 Å². The Hall–Kier alpha value is -1.91. The first-order valence-electron chi connectivity index (χ1n) is 9.16. The fourth-order valence-corrected chi connectivity index (χ4v) is 4.69. The molecule has 2 saturated heterocycles. The summed E-state index contributed by atoms with van der Waals surface area (Å²) in [5, 5.41) is 3.27. The number of carbonyl (C=O) groups is 1. The fourth-order valence-electron chi connectivity index (χ4n) is 4.46. The minimum atomic E-state index is -0.381. The molecule has 1 N–H and O–H groups in total. The number of hydrogen-bond donors (Lipinski definition) is 1. The second kappa shape index (κ2) is 7.37. The highest BCUT2D eigenvalue weighted by Gasteiger charge is 2.46. The lowest BCUT2D eigenvalue weighted by Crippen LogP contribution is -2.37. The number of carbonyl (C=O) groups excluding carboxylic acids is 1. The van der Waals surface area contributed by atoms with E-state index in [1.54, 1.807) is 12.1 Å². The molecule has 0 saturated carbocycles. The van der Waals surface area contributed by atoms with E-state index < -0.39 is 0 Å². The highest BCUT2D eigenvalue weighted by atomic mass is 35.5. The molecule has 5 heteroatoms. The van der Waals surface area contributed by atoms with E-state index in [0.29, 0.717) is 10.6 Å². The Kier molecular flexibility index (Phi) is 4.96. The molecule has 136 valence electrons. The van der Waals surface area contributed by atoms with Crippen LogP contribution in [-0.4, -0.2) is 23.4 Å². The number of nitrogens with zero attached hydrogens (tertiary/aromatic N) is 1. The van der Waals surface area contributed by atoms with Crippen LogP contribution in [0.25, 0.3) is 0 Å². The van der Waals surface area contributed by atoms with Crippen molar-refractivity contribution in [2.24, 2.45) is 5.92 Å². The van der Waals surface area contributed by atoms with Gasteiger partial charge < -0.3 is 5.32 Å². The zero-order valence-corrected chi connectivity index (χ0v) is 15.3. The van der Waals surface area contributed by atoms with Crippen molar-refractivity contribution in [1.29, 1.82) is 0 Å². The molecule has 0 aliphatic carbocycles. The van der Waals surface area contributed by atoms with Gasteiger partial charge >= 0.3 is 0 Å². The van der Waals surface area contributed by atoms with Crippen molar-refractivity contribution in [2.75, 3.05) is 6.54 Å². The van der Waals surface area contributed by atoms with Gasteiger partial charge in [0.2, 0.25) is 5.91 Å². The van der Waals surface area contributed by atoms with Crippen molar-refractivity contribution >= 4 is 17.5 Å². The van der Waals surface area contributed by atoms with Crippen molar-refractivity contribution in [3.63, 3.8) is 0 Å². The summed E-state index contributed by atoms with van der Waals surface area (Å²) in [4.78, 5) is 15.3. The average Bonchev–Trinajstić information content (AvgIpc) is 3.24. The summed E-state index contributed by atoms with van der Waals surface area (Å²) in [5.41, 5.74) is 1.62. The molecule has 0 spiro atoms. The summed E-state index contributed by atoms with van der Waals surface area (Å²) in [6, 6.07) is 15.5. The van der Waals surface area contributed by atoms with E-state index in [0.717, 1.165) is 25.8 Å². The van der Waals surface area contributed by atoms with Crippen molar-refractivity contribution in [3.05, 3.63) is 70.5 Å². The third-order valence-corrected chi connectivity index (χ3v) is 6.06. The van der Waals surface area contributed by atoms with E-state index >= 15 is 0 Å². The molecule has 4 rings (SSSR count). The summed E-state index contributed by atoms with van der Waals surface area (Å²) in [7, 11) is 0. The largest absolute Gasteiger partial charge is 0.352 e. The summed E-state index contributed by atoms with van der Waals surface area (Å²) >= 11 is 6.07. The van der Waals surface area contributed by atoms with Crippen LogP contribution in [0.3, 0.4) is 0 Å². The third-order valence-electron chi connectivity index (χ3n) is 5.71. The maximum absolute atomic E-state index is 13.9. The molecule has 0 unspecified atom stereocenters. The van der Waals surface area contributed by atoms with Gasteiger partial charge in [-0.3, -0.25) is 9.69 Å². The summed E-state index contributed by atoms with van der Waals surface area (Å²) < 4.78 is 13.9. The first-order chi connectivity index (χ1) is 12.6. The van der Waals surface area contributed by atoms with Gasteiger partial charge in [-0.1, -0.05) is 48.0 Å². The van der Waals surface area contributed by atoms with Crippen molar-refractivity contribution in [2.45, 2.75) is 37.9 Å². The summed E-state index contributed by atoms with van der Waals surface area (Å²) in [5.74, 6) is -0.443. The van der Waals surface area contributed by atoms with Gasteiger partial charge in [0, 0.05) is 29.2 Å². The molecular formula is C21H22ClFN2O. The monoisotopic (exact) mass is 372 g/mol. The van der Waals surface area contributed by atoms with Crippen LogP contribution in [-0.2, 0) is 11.3 Å². The molecular weight excluding hydrogens is 351 g/mol. The van der Waals surface area contributed by atoms with Gasteiger partial charge in [0.15, 0.2) is 0 Å². The van der Waals surface area contributed by atoms with Gasteiger partial charge in [-0.2, -0.15) is 0 Å². The number of nitrogens with one attached hydrogen (secondary N) is 1. The first-order valence-corrected chi connectivity index (χ1v) is 9.54. The molecule has 2 heterocycles. The topological polar surface area (TPSA) is 32.3 Å². The molecule has 0 aromatic heterocycles. The number of halogens is 2. The first kappa shape index (κ1) is 17.5. The maximum atomic E-state index is 13.9. The Balaban J connectivity index is 1.48. The Morgan fingerprint density at radius 3 is 2.77 bits per heavy atom. The van der Waals surface area contributed by atoms with Crippen LogP contribution >= 0.6 is 11.6 Å². The predicted molar refractivity (Wildman–Crippen MR) is 100 cm³/mol. The number of benzene rings is 2. The smallest absolute Gasteiger partial charge is 0.225 e. The third kappa shape index (κ3) is 3.24. The lowest BCUT2D eigenvalue weighted by atomic mass is 9.93. The van der Waals surface area contributed by atoms with Crippen LogP contribution in [0.15, 0.2) is 48.5 Å². The zero-order chi connectivity index (χ0) is 18.1. The van der Waals surface area contributed by atoms with Crippen molar-refractivity contribution in [1.82, 2.24) is 10.2 Å². The maximum Gasteiger partial charge on any atom is 0.225 e. The van der Waals surface area contributed by atoms with E-state index in [2.05, 4.69) is 22.3 Å². The number of fused-ring (bicyclic) bond motifs is 1. The summed E-state index contributed by atoms with van der Waals surface area (Å²) in [6.45, 7) is 1.16. The average molecular weight is 373 g/mol. The van der Waals surface area contributed by atoms with Crippen LogP contribution in [0, 0.1) is 11.7 Å². The highest BCUT2D eigenvalue weighted by molar-refractivity contribution is 6.31. The number of amides is 1. The molecule has 2 aliphatic rings. The lowest BCUT2D eigenvalue weighted by molar-refractivity contribution is -0.125. The van der Waals surface area contributed by atoms with Crippen molar-refractivity contribution in [3.8, 4) is 0 Å². The molecule has 3 nitrogen and oxygen atoms in total. The van der Waals surface area contributed by atoms with E-state index in [1.807, 2.05) is 18.2 Å². The van der Waals surface area contributed by atoms with Crippen LogP contribution in [0.2, 0.25) is 5.02 Å². The Morgan fingerprint density at radius 1 is 1.19 bits per heavy atom. The van der Waals surface area contributed by atoms with Gasteiger partial charge in [0.25, 0.3) is 0 Å². The lowest BCUT2D eigenvalue weighted by Gasteiger charge is -2.24. The minimum Gasteiger partial charge on any atom is -0.352 e. The molecule has 1 amide bonds. The second-order valence-electron chi connectivity index (χ2n) is 7.13. The van der Waals surface area contributed by atoms with E-state index in [4.69, 9.17) is 11.6 Å². The normalized spacial score (nSPS) is 25.2. The van der Waals surface area contributed by atoms with Gasteiger partial charge in [-0.15, -0.1) is 0 Å². The molecule has 2 fully saturated rings. The molecule has 0 radical (unpaired) electrons. The number of hydrogen-bond acceptors (Lipinski definition) is 2. The highest BCUT2D eigenvalue weighted by Crippen LogP contribution is 2.44. The zero-order valence-electron chi connectivity index (χ0n) is 14.5. The predicted octanol–water partition coefficient (Wildman–Crippen LogP) is 4.32. The van der Waals surface area contributed by atoms with Crippen LogP contribution in [0.5, 0.6) is 0 Å². The van der Waals surface area contributed by atoms with Crippen LogP contribution in [0.4, 0.5) is 4.39 Å². The Labute approximate surface area is 158 Å². The van der Waals surface area contributed by atoms with Gasteiger partial charge in [0.05, 0.1) is 5.92 Å². The van der Waals surface area contributed by atoms with Crippen LogP contribution < -0.4 is 5.32 Å². The molecule has 2 aromatic carbocycles. The summed E-state index contributed by atoms with van der Waals surface area (Å²) in [6.07, 6.45) is 2.98. The molecule has 3 atom stereocenters. The van der Waals surface area contributed by atoms with Gasteiger partial charge in [-0.05, 0) is 43.5 Å². The minimum absolute atomic E-state index is 0.000323. The van der Waals surface area contributed by atoms with Crippen LogP contribution in [0.1, 0.15) is 36.4 Å². The number of rotatable bonds is 4. The molecule has 26 heavy (non-hydrogen) atoms. The van der Waals surface area contributed by atoms with E-state index in [1.165, 1.54) is 11.6 Å². The van der Waals surface area contributed by atoms with E-state index in [9.17, 15) is 9.18 Å².